The van der Waals surface area contributed by atoms with Gasteiger partial charge in [-0.25, -0.2) is 0 Å². The monoisotopic (exact) mass is 312 g/mol. The molecule has 0 unspecified atom stereocenters. The summed E-state index contributed by atoms with van der Waals surface area (Å²) in [5.74, 6) is -0.0993. The number of halogens is 1. The number of amides is 1. The summed E-state index contributed by atoms with van der Waals surface area (Å²) < 4.78 is 6.12. The van der Waals surface area contributed by atoms with Crippen molar-refractivity contribution in [3.8, 4) is 0 Å². The lowest BCUT2D eigenvalue weighted by molar-refractivity contribution is -0.129. The maximum absolute atomic E-state index is 12.0. The highest BCUT2D eigenvalue weighted by Crippen LogP contribution is 2.15. The molecule has 0 aliphatic rings. The van der Waals surface area contributed by atoms with Gasteiger partial charge in [0, 0.05) is 30.2 Å². The molecule has 0 atom stereocenters. The van der Waals surface area contributed by atoms with E-state index < -0.39 is 0 Å². The van der Waals surface area contributed by atoms with Crippen molar-refractivity contribution in [1.82, 2.24) is 19.1 Å². The molecule has 5 nitrogen and oxygen atoms in total. The number of carbonyl (C=O) groups is 1. The number of nitrogens with zero attached hydrogens (tertiary/aromatic N) is 4. The molecule has 0 bridgehead atoms. The Hall–Kier alpha value is -1.40. The van der Waals surface area contributed by atoms with Crippen molar-refractivity contribution < 1.29 is 4.79 Å². The number of aromatic nitrogens is 3. The van der Waals surface area contributed by atoms with Gasteiger partial charge in [-0.15, -0.1) is 11.6 Å². The first-order valence-electron chi connectivity index (χ1n) is 6.40. The van der Waals surface area contributed by atoms with Crippen molar-refractivity contribution in [2.24, 2.45) is 0 Å². The predicted octanol–water partition coefficient (Wildman–Crippen LogP) is 2.44. The molecule has 0 saturated carbocycles. The first-order valence-corrected chi connectivity index (χ1v) is 7.77. The van der Waals surface area contributed by atoms with Gasteiger partial charge in [-0.3, -0.25) is 9.48 Å². The lowest BCUT2D eigenvalue weighted by atomic mass is 10.2. The first-order chi connectivity index (χ1) is 9.65. The second-order valence-electron chi connectivity index (χ2n) is 4.45. The van der Waals surface area contributed by atoms with Crippen LogP contribution in [0.2, 0.25) is 0 Å². The number of alkyl halides is 1. The Balaban J connectivity index is 2.16. The van der Waals surface area contributed by atoms with Gasteiger partial charge in [-0.1, -0.05) is 0 Å². The van der Waals surface area contributed by atoms with Crippen LogP contribution in [0.15, 0.2) is 17.6 Å². The molecule has 108 valence electrons. The minimum atomic E-state index is -0.0823. The van der Waals surface area contributed by atoms with Crippen LogP contribution in [0.4, 0.5) is 0 Å². The highest BCUT2D eigenvalue weighted by atomic mass is 35.5. The molecule has 0 fully saturated rings. The fraction of sp³-hybridized carbons (Fsp3) is 0.462. The third kappa shape index (κ3) is 3.37. The van der Waals surface area contributed by atoms with E-state index in [1.54, 1.807) is 11.1 Å². The largest absolute Gasteiger partial charge is 0.331 e. The molecular weight excluding hydrogens is 296 g/mol. The first kappa shape index (κ1) is 15.0. The molecule has 2 heterocycles. The van der Waals surface area contributed by atoms with Crippen molar-refractivity contribution in [2.45, 2.75) is 33.5 Å². The van der Waals surface area contributed by atoms with Crippen LogP contribution in [0.5, 0.6) is 0 Å². The summed E-state index contributed by atoms with van der Waals surface area (Å²) in [4.78, 5) is 13.8. The fourth-order valence-corrected chi connectivity index (χ4v) is 2.83. The molecule has 2 aromatic heterocycles. The average molecular weight is 313 g/mol. The van der Waals surface area contributed by atoms with E-state index in [2.05, 4.69) is 9.47 Å². The van der Waals surface area contributed by atoms with Gasteiger partial charge in [0.05, 0.1) is 17.9 Å². The number of hydrogen-bond acceptors (Lipinski definition) is 4. The smallest absolute Gasteiger partial charge is 0.238 e. The van der Waals surface area contributed by atoms with Crippen LogP contribution in [0.1, 0.15) is 23.9 Å². The minimum Gasteiger partial charge on any atom is -0.331 e. The summed E-state index contributed by atoms with van der Waals surface area (Å²) in [5.41, 5.74) is 3.04. The summed E-state index contributed by atoms with van der Waals surface area (Å²) in [6.45, 7) is 5.80. The lowest BCUT2D eigenvalue weighted by Crippen LogP contribution is -2.32. The molecule has 1 amide bonds. The Labute approximate surface area is 127 Å². The van der Waals surface area contributed by atoms with Crippen LogP contribution < -0.4 is 0 Å². The minimum absolute atomic E-state index is 0.0170. The van der Waals surface area contributed by atoms with E-state index in [1.165, 1.54) is 11.5 Å². The van der Waals surface area contributed by atoms with Crippen LogP contribution in [0.3, 0.4) is 0 Å². The molecule has 2 rings (SSSR count). The number of rotatable bonds is 6. The molecule has 2 aromatic rings. The second kappa shape index (κ2) is 6.85. The van der Waals surface area contributed by atoms with Crippen LogP contribution in [0.25, 0.3) is 0 Å². The molecule has 0 aromatic carbocycles. The van der Waals surface area contributed by atoms with Crippen molar-refractivity contribution in [2.75, 3.05) is 5.88 Å². The average Bonchev–Trinajstić information content (AvgIpc) is 3.06. The molecule has 0 aliphatic heterocycles. The van der Waals surface area contributed by atoms with Crippen molar-refractivity contribution in [1.29, 1.82) is 0 Å². The third-order valence-electron chi connectivity index (χ3n) is 3.13. The van der Waals surface area contributed by atoms with Crippen LogP contribution in [-0.2, 0) is 24.4 Å². The maximum Gasteiger partial charge on any atom is 0.238 e. The molecule has 0 N–H and O–H groups in total. The summed E-state index contributed by atoms with van der Waals surface area (Å²) in [7, 11) is 0. The fourth-order valence-electron chi connectivity index (χ4n) is 1.96. The second-order valence-corrected chi connectivity index (χ2v) is 5.34. The van der Waals surface area contributed by atoms with E-state index >= 15 is 0 Å². The van der Waals surface area contributed by atoms with Gasteiger partial charge in [-0.2, -0.15) is 9.47 Å². The number of aryl methyl sites for hydroxylation is 2. The summed E-state index contributed by atoms with van der Waals surface area (Å²) in [5, 5.41) is 6.20. The summed E-state index contributed by atoms with van der Waals surface area (Å²) >= 11 is 7.12. The Bertz CT molecular complexity index is 580. The summed E-state index contributed by atoms with van der Waals surface area (Å²) in [6, 6.07) is 1.93. The van der Waals surface area contributed by atoms with E-state index in [0.29, 0.717) is 13.1 Å². The zero-order valence-corrected chi connectivity index (χ0v) is 13.1. The van der Waals surface area contributed by atoms with E-state index in [4.69, 9.17) is 11.6 Å². The van der Waals surface area contributed by atoms with Crippen molar-refractivity contribution >= 4 is 29.0 Å². The SMILES string of the molecule is CCn1nccc1CN(Cc1csnc1C)C(=O)CCl. The molecule has 20 heavy (non-hydrogen) atoms. The Morgan fingerprint density at radius 3 is 2.90 bits per heavy atom. The van der Waals surface area contributed by atoms with Gasteiger partial charge in [0.25, 0.3) is 0 Å². The van der Waals surface area contributed by atoms with Gasteiger partial charge >= 0.3 is 0 Å². The molecule has 0 radical (unpaired) electrons. The van der Waals surface area contributed by atoms with Crippen LogP contribution >= 0.6 is 23.1 Å². The van der Waals surface area contributed by atoms with E-state index in [1.807, 2.05) is 30.0 Å². The van der Waals surface area contributed by atoms with Gasteiger partial charge in [0.1, 0.15) is 5.88 Å². The normalized spacial score (nSPS) is 10.8. The standard InChI is InChI=1S/C13H17ClN4OS/c1-3-18-12(4-5-15-18)8-17(13(19)6-14)7-11-9-20-16-10(11)2/h4-5,9H,3,6-8H2,1-2H3. The Kier molecular flexibility index (Phi) is 5.14. The highest BCUT2D eigenvalue weighted by molar-refractivity contribution is 7.03. The molecule has 0 aliphatic carbocycles. The highest BCUT2D eigenvalue weighted by Gasteiger charge is 2.17. The van der Waals surface area contributed by atoms with E-state index in [9.17, 15) is 4.79 Å². The molecule has 0 saturated heterocycles. The maximum atomic E-state index is 12.0. The number of hydrogen-bond donors (Lipinski definition) is 0. The van der Waals surface area contributed by atoms with Gasteiger partial charge in [0.15, 0.2) is 0 Å². The van der Waals surface area contributed by atoms with Gasteiger partial charge < -0.3 is 4.90 Å². The molecule has 0 spiro atoms. The van der Waals surface area contributed by atoms with Crippen LogP contribution in [0, 0.1) is 6.92 Å². The zero-order chi connectivity index (χ0) is 14.5. The molecular formula is C13H17ClN4OS. The zero-order valence-electron chi connectivity index (χ0n) is 11.5. The quantitative estimate of drug-likeness (QED) is 0.770. The van der Waals surface area contributed by atoms with Crippen LogP contribution in [-0.4, -0.2) is 30.8 Å². The third-order valence-corrected chi connectivity index (χ3v) is 4.13. The molecule has 7 heteroatoms. The topological polar surface area (TPSA) is 51.0 Å². The Morgan fingerprint density at radius 2 is 2.30 bits per heavy atom. The summed E-state index contributed by atoms with van der Waals surface area (Å²) in [6.07, 6.45) is 1.75. The van der Waals surface area contributed by atoms with Gasteiger partial charge in [-0.05, 0) is 31.4 Å². The Morgan fingerprint density at radius 1 is 1.50 bits per heavy atom. The van der Waals surface area contributed by atoms with Crippen molar-refractivity contribution in [3.63, 3.8) is 0 Å². The van der Waals surface area contributed by atoms with Gasteiger partial charge in [0.2, 0.25) is 5.91 Å². The lowest BCUT2D eigenvalue weighted by Gasteiger charge is -2.22. The number of carbonyl (C=O) groups excluding carboxylic acids is 1. The predicted molar refractivity (Wildman–Crippen MR) is 79.7 cm³/mol. The van der Waals surface area contributed by atoms with Crippen molar-refractivity contribution in [3.05, 3.63) is 34.6 Å². The van der Waals surface area contributed by atoms with E-state index in [0.717, 1.165) is 23.5 Å². The van der Waals surface area contributed by atoms with E-state index in [-0.39, 0.29) is 11.8 Å².